The largest absolute Gasteiger partial charge is 0.496 e. The van der Waals surface area contributed by atoms with E-state index in [1.165, 1.54) is 12.1 Å². The zero-order valence-electron chi connectivity index (χ0n) is 11.1. The molecule has 0 amide bonds. The normalized spacial score (nSPS) is 12.2. The van der Waals surface area contributed by atoms with E-state index in [2.05, 4.69) is 5.43 Å². The number of methoxy groups -OCH3 is 1. The van der Waals surface area contributed by atoms with Gasteiger partial charge in [-0.2, -0.15) is 0 Å². The van der Waals surface area contributed by atoms with Gasteiger partial charge >= 0.3 is 0 Å². The molecule has 1 atom stereocenters. The Morgan fingerprint density at radius 3 is 2.60 bits per heavy atom. The summed E-state index contributed by atoms with van der Waals surface area (Å²) < 4.78 is 32.0. The Bertz CT molecular complexity index is 590. The molecule has 0 saturated heterocycles. The highest BCUT2D eigenvalue weighted by molar-refractivity contribution is 5.35. The van der Waals surface area contributed by atoms with Crippen molar-refractivity contribution in [2.24, 2.45) is 5.84 Å². The van der Waals surface area contributed by atoms with Crippen LogP contribution in [-0.4, -0.2) is 7.11 Å². The zero-order chi connectivity index (χ0) is 14.5. The number of hydrogen-bond acceptors (Lipinski definition) is 3. The summed E-state index contributed by atoms with van der Waals surface area (Å²) in [5, 5.41) is 0. The Labute approximate surface area is 116 Å². The fraction of sp³-hybridized carbons (Fsp3) is 0.200. The van der Waals surface area contributed by atoms with E-state index in [-0.39, 0.29) is 0 Å². The molecule has 2 aromatic carbocycles. The van der Waals surface area contributed by atoms with E-state index in [1.807, 2.05) is 24.3 Å². The van der Waals surface area contributed by atoms with Crippen molar-refractivity contribution in [2.75, 3.05) is 7.11 Å². The van der Waals surface area contributed by atoms with E-state index in [4.69, 9.17) is 10.6 Å². The third-order valence-electron chi connectivity index (χ3n) is 3.16. The summed E-state index contributed by atoms with van der Waals surface area (Å²) in [5.74, 6) is 4.97. The number of hydrazine groups is 1. The lowest BCUT2D eigenvalue weighted by Gasteiger charge is -2.18. The summed E-state index contributed by atoms with van der Waals surface area (Å²) in [6.07, 6.45) is 0.434. The lowest BCUT2D eigenvalue weighted by atomic mass is 9.98. The zero-order valence-corrected chi connectivity index (χ0v) is 11.1. The Hall–Kier alpha value is -1.98. The minimum atomic E-state index is -0.622. The van der Waals surface area contributed by atoms with Crippen LogP contribution < -0.4 is 16.0 Å². The molecule has 20 heavy (non-hydrogen) atoms. The fourth-order valence-electron chi connectivity index (χ4n) is 2.13. The van der Waals surface area contributed by atoms with Crippen LogP contribution in [0.25, 0.3) is 0 Å². The maximum atomic E-state index is 13.8. The first-order valence-electron chi connectivity index (χ1n) is 6.18. The Morgan fingerprint density at radius 2 is 1.95 bits per heavy atom. The third kappa shape index (κ3) is 3.12. The monoisotopic (exact) mass is 278 g/mol. The van der Waals surface area contributed by atoms with Gasteiger partial charge < -0.3 is 4.74 Å². The molecule has 3 nitrogen and oxygen atoms in total. The predicted molar refractivity (Wildman–Crippen MR) is 73.1 cm³/mol. The number of benzene rings is 2. The van der Waals surface area contributed by atoms with Gasteiger partial charge in [-0.3, -0.25) is 11.3 Å². The van der Waals surface area contributed by atoms with Gasteiger partial charge in [0.25, 0.3) is 0 Å². The molecule has 0 radical (unpaired) electrons. The SMILES string of the molecule is COc1ccccc1CC(NN)c1ccc(F)cc1F. The van der Waals surface area contributed by atoms with Crippen LogP contribution in [0.15, 0.2) is 42.5 Å². The van der Waals surface area contributed by atoms with Crippen molar-refractivity contribution in [2.45, 2.75) is 12.5 Å². The van der Waals surface area contributed by atoms with Crippen molar-refractivity contribution in [1.29, 1.82) is 0 Å². The molecular weight excluding hydrogens is 262 g/mol. The summed E-state index contributed by atoms with van der Waals surface area (Å²) in [6.45, 7) is 0. The highest BCUT2D eigenvalue weighted by Crippen LogP contribution is 2.26. The van der Waals surface area contributed by atoms with Gasteiger partial charge in [0.05, 0.1) is 13.2 Å². The standard InChI is InChI=1S/C15H16F2N2O/c1-20-15-5-3-2-4-10(15)8-14(19-18)12-7-6-11(16)9-13(12)17/h2-7,9,14,19H,8,18H2,1H3. The Kier molecular flexibility index (Phi) is 4.65. The number of rotatable bonds is 5. The van der Waals surface area contributed by atoms with Crippen LogP contribution >= 0.6 is 0 Å². The molecule has 0 aliphatic carbocycles. The molecule has 0 bridgehead atoms. The van der Waals surface area contributed by atoms with Crippen molar-refractivity contribution >= 4 is 0 Å². The Balaban J connectivity index is 2.29. The van der Waals surface area contributed by atoms with Crippen molar-refractivity contribution in [1.82, 2.24) is 5.43 Å². The van der Waals surface area contributed by atoms with Gasteiger partial charge in [-0.15, -0.1) is 0 Å². The van der Waals surface area contributed by atoms with E-state index in [0.29, 0.717) is 17.7 Å². The second kappa shape index (κ2) is 6.45. The number of ether oxygens (including phenoxy) is 1. The van der Waals surface area contributed by atoms with Crippen LogP contribution in [0.2, 0.25) is 0 Å². The molecular formula is C15H16F2N2O. The van der Waals surface area contributed by atoms with Crippen LogP contribution in [0.5, 0.6) is 5.75 Å². The first-order valence-corrected chi connectivity index (χ1v) is 6.18. The van der Waals surface area contributed by atoms with Crippen molar-refractivity contribution < 1.29 is 13.5 Å². The minimum absolute atomic E-state index is 0.319. The van der Waals surface area contributed by atoms with Gasteiger partial charge in [0, 0.05) is 11.6 Å². The van der Waals surface area contributed by atoms with Crippen LogP contribution in [0, 0.1) is 11.6 Å². The number of hydrogen-bond donors (Lipinski definition) is 2. The van der Waals surface area contributed by atoms with Gasteiger partial charge in [-0.25, -0.2) is 8.78 Å². The molecule has 3 N–H and O–H groups in total. The average Bonchev–Trinajstić information content (AvgIpc) is 2.46. The number of nitrogens with two attached hydrogens (primary N) is 1. The van der Waals surface area contributed by atoms with Crippen molar-refractivity contribution in [3.8, 4) is 5.75 Å². The lowest BCUT2D eigenvalue weighted by Crippen LogP contribution is -2.30. The smallest absolute Gasteiger partial charge is 0.130 e. The number of para-hydroxylation sites is 1. The molecule has 0 saturated carbocycles. The molecule has 0 fully saturated rings. The van der Waals surface area contributed by atoms with Gasteiger partial charge in [0.2, 0.25) is 0 Å². The molecule has 2 aromatic rings. The molecule has 0 spiro atoms. The first kappa shape index (κ1) is 14.4. The molecule has 0 heterocycles. The summed E-state index contributed by atoms with van der Waals surface area (Å²) in [5.41, 5.74) is 3.77. The minimum Gasteiger partial charge on any atom is -0.496 e. The van der Waals surface area contributed by atoms with Crippen molar-refractivity contribution in [3.63, 3.8) is 0 Å². The second-order valence-corrected chi connectivity index (χ2v) is 4.40. The van der Waals surface area contributed by atoms with Gasteiger partial charge in [0.15, 0.2) is 0 Å². The summed E-state index contributed by atoms with van der Waals surface area (Å²) in [7, 11) is 1.57. The lowest BCUT2D eigenvalue weighted by molar-refractivity contribution is 0.404. The first-order chi connectivity index (χ1) is 9.65. The number of nitrogens with one attached hydrogen (secondary N) is 1. The second-order valence-electron chi connectivity index (χ2n) is 4.40. The molecule has 5 heteroatoms. The fourth-order valence-corrected chi connectivity index (χ4v) is 2.13. The maximum Gasteiger partial charge on any atom is 0.130 e. The van der Waals surface area contributed by atoms with E-state index in [0.717, 1.165) is 11.6 Å². The predicted octanol–water partition coefficient (Wildman–Crippen LogP) is 2.72. The Morgan fingerprint density at radius 1 is 1.20 bits per heavy atom. The van der Waals surface area contributed by atoms with Crippen LogP contribution in [0.3, 0.4) is 0 Å². The van der Waals surface area contributed by atoms with E-state index >= 15 is 0 Å². The summed E-state index contributed by atoms with van der Waals surface area (Å²) in [6, 6.07) is 10.4. The highest BCUT2D eigenvalue weighted by Gasteiger charge is 2.17. The van der Waals surface area contributed by atoms with E-state index < -0.39 is 17.7 Å². The molecule has 0 aliphatic rings. The maximum absolute atomic E-state index is 13.8. The van der Waals surface area contributed by atoms with Gasteiger partial charge in [-0.1, -0.05) is 24.3 Å². The molecule has 0 aromatic heterocycles. The number of halogens is 2. The molecule has 106 valence electrons. The molecule has 0 aliphatic heterocycles. The van der Waals surface area contributed by atoms with E-state index in [1.54, 1.807) is 7.11 Å². The highest BCUT2D eigenvalue weighted by atomic mass is 19.1. The van der Waals surface area contributed by atoms with Crippen molar-refractivity contribution in [3.05, 3.63) is 65.2 Å². The molecule has 2 rings (SSSR count). The van der Waals surface area contributed by atoms with Gasteiger partial charge in [0.1, 0.15) is 17.4 Å². The van der Waals surface area contributed by atoms with Crippen LogP contribution in [-0.2, 0) is 6.42 Å². The topological polar surface area (TPSA) is 47.3 Å². The quantitative estimate of drug-likeness (QED) is 0.653. The van der Waals surface area contributed by atoms with Crippen LogP contribution in [0.4, 0.5) is 8.78 Å². The van der Waals surface area contributed by atoms with E-state index in [9.17, 15) is 8.78 Å². The summed E-state index contributed by atoms with van der Waals surface area (Å²) in [4.78, 5) is 0. The average molecular weight is 278 g/mol. The van der Waals surface area contributed by atoms with Crippen LogP contribution in [0.1, 0.15) is 17.2 Å². The van der Waals surface area contributed by atoms with Gasteiger partial charge in [-0.05, 0) is 24.1 Å². The third-order valence-corrected chi connectivity index (χ3v) is 3.16. The summed E-state index contributed by atoms with van der Waals surface area (Å²) >= 11 is 0. The molecule has 1 unspecified atom stereocenters.